The summed E-state index contributed by atoms with van der Waals surface area (Å²) in [6.45, 7) is 4.21. The molecule has 1 rings (SSSR count). The highest BCUT2D eigenvalue weighted by molar-refractivity contribution is 5.81. The van der Waals surface area contributed by atoms with E-state index in [4.69, 9.17) is 5.41 Å². The van der Waals surface area contributed by atoms with Crippen LogP contribution < -0.4 is 0 Å². The summed E-state index contributed by atoms with van der Waals surface area (Å²) in [5.74, 6) is 1.17. The van der Waals surface area contributed by atoms with Crippen LogP contribution >= 0.6 is 0 Å². The van der Waals surface area contributed by atoms with E-state index in [1.54, 1.807) is 0 Å². The maximum absolute atomic E-state index is 7.98. The van der Waals surface area contributed by atoms with Crippen LogP contribution in [-0.4, -0.2) is 23.8 Å². The maximum Gasteiger partial charge on any atom is 0.0983 e. The van der Waals surface area contributed by atoms with E-state index in [-0.39, 0.29) is 0 Å². The molecule has 0 unspecified atom stereocenters. The van der Waals surface area contributed by atoms with Gasteiger partial charge in [-0.2, -0.15) is 0 Å². The first-order valence-electron chi connectivity index (χ1n) is 5.94. The Morgan fingerprint density at radius 1 is 1.14 bits per heavy atom. The SMILES string of the molecule is CC(C)C(=N)N(C)C1CCCCCC1. The van der Waals surface area contributed by atoms with Gasteiger partial charge in [0.05, 0.1) is 5.84 Å². The maximum atomic E-state index is 7.98. The number of amidine groups is 1. The van der Waals surface area contributed by atoms with Gasteiger partial charge in [-0.05, 0) is 12.8 Å². The zero-order valence-electron chi connectivity index (χ0n) is 9.84. The lowest BCUT2D eigenvalue weighted by Gasteiger charge is -2.31. The predicted molar refractivity (Wildman–Crippen MR) is 61.8 cm³/mol. The zero-order chi connectivity index (χ0) is 10.6. The van der Waals surface area contributed by atoms with Gasteiger partial charge in [-0.1, -0.05) is 39.5 Å². The Morgan fingerprint density at radius 2 is 1.64 bits per heavy atom. The van der Waals surface area contributed by atoms with Crippen molar-refractivity contribution in [2.75, 3.05) is 7.05 Å². The van der Waals surface area contributed by atoms with Crippen molar-refractivity contribution in [2.24, 2.45) is 5.92 Å². The third-order valence-corrected chi connectivity index (χ3v) is 3.30. The average molecular weight is 196 g/mol. The first-order chi connectivity index (χ1) is 6.63. The third-order valence-electron chi connectivity index (χ3n) is 3.30. The lowest BCUT2D eigenvalue weighted by molar-refractivity contribution is 0.316. The van der Waals surface area contributed by atoms with Crippen molar-refractivity contribution in [3.8, 4) is 0 Å². The van der Waals surface area contributed by atoms with Crippen molar-refractivity contribution in [2.45, 2.75) is 58.4 Å². The van der Waals surface area contributed by atoms with Crippen LogP contribution in [0.4, 0.5) is 0 Å². The smallest absolute Gasteiger partial charge is 0.0983 e. The van der Waals surface area contributed by atoms with Crippen LogP contribution in [0.2, 0.25) is 0 Å². The van der Waals surface area contributed by atoms with Crippen molar-refractivity contribution in [1.29, 1.82) is 5.41 Å². The van der Waals surface area contributed by atoms with E-state index in [0.29, 0.717) is 12.0 Å². The molecule has 1 aliphatic carbocycles. The van der Waals surface area contributed by atoms with E-state index in [1.165, 1.54) is 38.5 Å². The minimum Gasteiger partial charge on any atom is -0.360 e. The molecule has 0 aromatic heterocycles. The van der Waals surface area contributed by atoms with Gasteiger partial charge < -0.3 is 4.90 Å². The van der Waals surface area contributed by atoms with E-state index in [1.807, 2.05) is 0 Å². The molecule has 0 aromatic carbocycles. The quantitative estimate of drug-likeness (QED) is 0.409. The molecule has 0 aromatic rings. The fourth-order valence-electron chi connectivity index (χ4n) is 2.25. The van der Waals surface area contributed by atoms with Gasteiger partial charge in [0.2, 0.25) is 0 Å². The van der Waals surface area contributed by atoms with Crippen molar-refractivity contribution < 1.29 is 0 Å². The molecule has 0 radical (unpaired) electrons. The third kappa shape index (κ3) is 3.00. The Kier molecular flexibility index (Phi) is 4.43. The highest BCUT2D eigenvalue weighted by Crippen LogP contribution is 2.22. The molecule has 1 fully saturated rings. The highest BCUT2D eigenvalue weighted by Gasteiger charge is 2.20. The van der Waals surface area contributed by atoms with Crippen LogP contribution in [0.3, 0.4) is 0 Å². The summed E-state index contributed by atoms with van der Waals surface area (Å²) in [5.41, 5.74) is 0. The fraction of sp³-hybridized carbons (Fsp3) is 0.917. The summed E-state index contributed by atoms with van der Waals surface area (Å²) in [6.07, 6.45) is 8.04. The number of nitrogens with one attached hydrogen (secondary N) is 1. The van der Waals surface area contributed by atoms with E-state index in [9.17, 15) is 0 Å². The topological polar surface area (TPSA) is 27.1 Å². The van der Waals surface area contributed by atoms with Crippen LogP contribution in [0.5, 0.6) is 0 Å². The van der Waals surface area contributed by atoms with Crippen LogP contribution in [0, 0.1) is 11.3 Å². The zero-order valence-corrected chi connectivity index (χ0v) is 9.84. The monoisotopic (exact) mass is 196 g/mol. The van der Waals surface area contributed by atoms with Gasteiger partial charge in [0, 0.05) is 19.0 Å². The Balaban J connectivity index is 2.49. The van der Waals surface area contributed by atoms with E-state index >= 15 is 0 Å². The standard InChI is InChI=1S/C12H24N2/c1-10(2)12(13)14(3)11-8-6-4-5-7-9-11/h10-11,13H,4-9H2,1-3H3. The number of rotatable bonds is 2. The fourth-order valence-corrected chi connectivity index (χ4v) is 2.25. The second-order valence-corrected chi connectivity index (χ2v) is 4.80. The normalized spacial score (nSPS) is 19.4. The molecule has 14 heavy (non-hydrogen) atoms. The Bertz CT molecular complexity index is 179. The molecule has 2 heteroatoms. The second-order valence-electron chi connectivity index (χ2n) is 4.80. The van der Waals surface area contributed by atoms with Crippen molar-refractivity contribution in [1.82, 2.24) is 4.90 Å². The summed E-state index contributed by atoms with van der Waals surface area (Å²) in [4.78, 5) is 2.20. The van der Waals surface area contributed by atoms with Gasteiger partial charge in [0.1, 0.15) is 0 Å². The largest absolute Gasteiger partial charge is 0.360 e. The molecule has 82 valence electrons. The first-order valence-corrected chi connectivity index (χ1v) is 5.94. The van der Waals surface area contributed by atoms with Crippen LogP contribution in [0.1, 0.15) is 52.4 Å². The lowest BCUT2D eigenvalue weighted by Crippen LogP contribution is -2.38. The van der Waals surface area contributed by atoms with Crippen LogP contribution in [0.25, 0.3) is 0 Å². The van der Waals surface area contributed by atoms with E-state index in [0.717, 1.165) is 5.84 Å². The molecule has 0 bridgehead atoms. The molecule has 0 heterocycles. The van der Waals surface area contributed by atoms with E-state index in [2.05, 4.69) is 25.8 Å². The predicted octanol–water partition coefficient (Wildman–Crippen LogP) is 3.27. The molecule has 0 atom stereocenters. The van der Waals surface area contributed by atoms with Crippen molar-refractivity contribution in [3.05, 3.63) is 0 Å². The van der Waals surface area contributed by atoms with Gasteiger partial charge in [-0.25, -0.2) is 0 Å². The average Bonchev–Trinajstić information content (AvgIpc) is 2.43. The van der Waals surface area contributed by atoms with Gasteiger partial charge in [0.25, 0.3) is 0 Å². The van der Waals surface area contributed by atoms with Gasteiger partial charge >= 0.3 is 0 Å². The van der Waals surface area contributed by atoms with Crippen LogP contribution in [-0.2, 0) is 0 Å². The van der Waals surface area contributed by atoms with E-state index < -0.39 is 0 Å². The minimum absolute atomic E-state index is 0.364. The van der Waals surface area contributed by atoms with Crippen molar-refractivity contribution >= 4 is 5.84 Å². The Hall–Kier alpha value is -0.530. The Labute approximate surface area is 88.2 Å². The number of nitrogens with zero attached hydrogens (tertiary/aromatic N) is 1. The van der Waals surface area contributed by atoms with Gasteiger partial charge in [-0.15, -0.1) is 0 Å². The molecule has 1 N–H and O–H groups in total. The summed E-state index contributed by atoms with van der Waals surface area (Å²) in [6, 6.07) is 0.632. The van der Waals surface area contributed by atoms with Crippen LogP contribution in [0.15, 0.2) is 0 Å². The lowest BCUT2D eigenvalue weighted by atomic mass is 10.1. The summed E-state index contributed by atoms with van der Waals surface area (Å²) in [7, 11) is 2.10. The van der Waals surface area contributed by atoms with Gasteiger partial charge in [0.15, 0.2) is 0 Å². The number of hydrogen-bond acceptors (Lipinski definition) is 1. The molecule has 0 aliphatic heterocycles. The minimum atomic E-state index is 0.364. The molecule has 0 spiro atoms. The molecule has 0 saturated heterocycles. The molecular formula is C12H24N2. The summed E-state index contributed by atoms with van der Waals surface area (Å²) in [5, 5.41) is 7.98. The summed E-state index contributed by atoms with van der Waals surface area (Å²) < 4.78 is 0. The molecule has 0 amide bonds. The number of hydrogen-bond donors (Lipinski definition) is 1. The molecule has 1 aliphatic rings. The summed E-state index contributed by atoms with van der Waals surface area (Å²) >= 11 is 0. The first kappa shape index (κ1) is 11.5. The molecule has 1 saturated carbocycles. The highest BCUT2D eigenvalue weighted by atomic mass is 15.2. The van der Waals surface area contributed by atoms with Gasteiger partial charge in [-0.3, -0.25) is 5.41 Å². The molecule has 2 nitrogen and oxygen atoms in total. The second kappa shape index (κ2) is 5.38. The Morgan fingerprint density at radius 3 is 2.07 bits per heavy atom. The van der Waals surface area contributed by atoms with Crippen molar-refractivity contribution in [3.63, 3.8) is 0 Å². The molecular weight excluding hydrogens is 172 g/mol.